The van der Waals surface area contributed by atoms with E-state index in [0.717, 1.165) is 22.6 Å². The number of nitrogens with one attached hydrogen (secondary N) is 1. The summed E-state index contributed by atoms with van der Waals surface area (Å²) in [7, 11) is 0. The average molecular weight is 431 g/mol. The van der Waals surface area contributed by atoms with E-state index in [2.05, 4.69) is 10.3 Å². The van der Waals surface area contributed by atoms with E-state index in [-0.39, 0.29) is 17.7 Å². The van der Waals surface area contributed by atoms with E-state index in [0.29, 0.717) is 22.2 Å². The molecule has 3 aromatic rings. The van der Waals surface area contributed by atoms with Gasteiger partial charge in [-0.05, 0) is 41.7 Å². The van der Waals surface area contributed by atoms with Crippen LogP contribution in [-0.4, -0.2) is 20.7 Å². The Morgan fingerprint density at radius 3 is 2.45 bits per heavy atom. The minimum atomic E-state index is -0.146. The molecule has 7 heteroatoms. The van der Waals surface area contributed by atoms with Gasteiger partial charge in [-0.1, -0.05) is 57.0 Å². The Labute approximate surface area is 181 Å². The summed E-state index contributed by atoms with van der Waals surface area (Å²) in [4.78, 5) is 17.3. The first kappa shape index (κ1) is 21.3. The molecule has 0 spiro atoms. The highest BCUT2D eigenvalue weighted by atomic mass is 35.5. The van der Waals surface area contributed by atoms with Crippen molar-refractivity contribution in [2.45, 2.75) is 46.1 Å². The molecule has 3 rings (SSSR count). The number of amides is 1. The molecular weight excluding hydrogens is 407 g/mol. The van der Waals surface area contributed by atoms with Gasteiger partial charge >= 0.3 is 0 Å². The van der Waals surface area contributed by atoms with Gasteiger partial charge in [-0.15, -0.1) is 0 Å². The van der Waals surface area contributed by atoms with Crippen LogP contribution in [0, 0.1) is 0 Å². The first-order valence-electron chi connectivity index (χ1n) is 9.55. The van der Waals surface area contributed by atoms with Crippen molar-refractivity contribution in [1.82, 2.24) is 20.1 Å². The first-order valence-corrected chi connectivity index (χ1v) is 10.3. The summed E-state index contributed by atoms with van der Waals surface area (Å²) >= 11 is 12.3. The van der Waals surface area contributed by atoms with E-state index in [1.165, 1.54) is 0 Å². The maximum Gasteiger partial charge on any atom is 0.255 e. The van der Waals surface area contributed by atoms with Crippen molar-refractivity contribution in [3.63, 3.8) is 0 Å². The number of nitrogens with zero attached hydrogens (tertiary/aromatic N) is 3. The number of hydrogen-bond donors (Lipinski definition) is 1. The average Bonchev–Trinajstić information content (AvgIpc) is 3.10. The van der Waals surface area contributed by atoms with Gasteiger partial charge in [0.25, 0.3) is 5.91 Å². The van der Waals surface area contributed by atoms with Crippen molar-refractivity contribution in [3.8, 4) is 5.69 Å². The minimum Gasteiger partial charge on any atom is -0.348 e. The summed E-state index contributed by atoms with van der Waals surface area (Å²) in [6.45, 7) is 8.56. The van der Waals surface area contributed by atoms with E-state index < -0.39 is 0 Å². The molecule has 0 saturated carbocycles. The molecule has 152 valence electrons. The van der Waals surface area contributed by atoms with Crippen LogP contribution in [0.5, 0.6) is 0 Å². The number of aromatic nitrogens is 3. The summed E-state index contributed by atoms with van der Waals surface area (Å²) in [6, 6.07) is 9.14. The third-order valence-corrected chi connectivity index (χ3v) is 5.33. The number of carbonyl (C=O) groups is 1. The third-order valence-electron chi connectivity index (χ3n) is 4.59. The molecule has 0 bridgehead atoms. The van der Waals surface area contributed by atoms with Crippen molar-refractivity contribution < 1.29 is 4.79 Å². The lowest BCUT2D eigenvalue weighted by Crippen LogP contribution is -2.25. The predicted octanol–water partition coefficient (Wildman–Crippen LogP) is 5.75. The van der Waals surface area contributed by atoms with Crippen molar-refractivity contribution in [2.75, 3.05) is 0 Å². The Balaban J connectivity index is 2.05. The molecule has 0 fully saturated rings. The minimum absolute atomic E-state index is 0.0728. The fourth-order valence-corrected chi connectivity index (χ4v) is 3.50. The summed E-state index contributed by atoms with van der Waals surface area (Å²) in [5.74, 6) is 0.00632. The second-order valence-electron chi connectivity index (χ2n) is 7.51. The van der Waals surface area contributed by atoms with Crippen molar-refractivity contribution in [3.05, 3.63) is 75.3 Å². The molecule has 2 aromatic heterocycles. The Morgan fingerprint density at radius 1 is 1.10 bits per heavy atom. The Hall–Kier alpha value is -2.37. The Bertz CT molecular complexity index is 1010. The molecule has 0 aliphatic heterocycles. The number of hydrogen-bond acceptors (Lipinski definition) is 3. The number of pyridine rings is 1. The van der Waals surface area contributed by atoms with Gasteiger partial charge < -0.3 is 5.32 Å². The van der Waals surface area contributed by atoms with E-state index in [9.17, 15) is 4.79 Å². The van der Waals surface area contributed by atoms with Crippen LogP contribution in [0.3, 0.4) is 0 Å². The zero-order valence-electron chi connectivity index (χ0n) is 16.9. The zero-order valence-corrected chi connectivity index (χ0v) is 18.4. The van der Waals surface area contributed by atoms with Gasteiger partial charge in [0.2, 0.25) is 0 Å². The highest BCUT2D eigenvalue weighted by molar-refractivity contribution is 6.42. The fraction of sp³-hybridized carbons (Fsp3) is 0.318. The van der Waals surface area contributed by atoms with Crippen LogP contribution in [-0.2, 0) is 6.54 Å². The SMILES string of the molecule is CC(C)c1nn(-c2ccc(Cl)c(Cl)c2)c(C(C)C)c1C(=O)NCc1cccnc1. The summed E-state index contributed by atoms with van der Waals surface area (Å²) in [6.07, 6.45) is 3.45. The lowest BCUT2D eigenvalue weighted by atomic mass is 9.98. The molecule has 0 aliphatic carbocycles. The van der Waals surface area contributed by atoms with Crippen molar-refractivity contribution >= 4 is 29.1 Å². The third kappa shape index (κ3) is 4.62. The quantitative estimate of drug-likeness (QED) is 0.541. The lowest BCUT2D eigenvalue weighted by molar-refractivity contribution is 0.0948. The molecule has 2 heterocycles. The topological polar surface area (TPSA) is 59.8 Å². The van der Waals surface area contributed by atoms with E-state index >= 15 is 0 Å². The highest BCUT2D eigenvalue weighted by Crippen LogP contribution is 2.32. The molecule has 29 heavy (non-hydrogen) atoms. The molecular formula is C22H24Cl2N4O. The zero-order chi connectivity index (χ0) is 21.1. The Morgan fingerprint density at radius 2 is 1.86 bits per heavy atom. The van der Waals surface area contributed by atoms with Crippen molar-refractivity contribution in [2.24, 2.45) is 0 Å². The molecule has 0 atom stereocenters. The number of halogens is 2. The van der Waals surface area contributed by atoms with Crippen LogP contribution in [0.15, 0.2) is 42.7 Å². The van der Waals surface area contributed by atoms with Gasteiger partial charge in [-0.3, -0.25) is 9.78 Å². The van der Waals surface area contributed by atoms with Gasteiger partial charge in [0.15, 0.2) is 0 Å². The van der Waals surface area contributed by atoms with Crippen LogP contribution >= 0.6 is 23.2 Å². The first-order chi connectivity index (χ1) is 13.8. The second-order valence-corrected chi connectivity index (χ2v) is 8.32. The molecule has 0 unspecified atom stereocenters. The molecule has 1 aromatic carbocycles. The summed E-state index contributed by atoms with van der Waals surface area (Å²) in [5, 5.41) is 8.73. The monoisotopic (exact) mass is 430 g/mol. The van der Waals surface area contributed by atoms with Gasteiger partial charge in [-0.2, -0.15) is 5.10 Å². The summed E-state index contributed by atoms with van der Waals surface area (Å²) < 4.78 is 1.81. The normalized spacial score (nSPS) is 11.3. The standard InChI is InChI=1S/C22H24Cl2N4O/c1-13(2)20-19(22(29)26-12-15-6-5-9-25-11-15)21(14(3)4)28(27-20)16-7-8-17(23)18(24)10-16/h5-11,13-14H,12H2,1-4H3,(H,26,29). The summed E-state index contributed by atoms with van der Waals surface area (Å²) in [5.41, 5.74) is 3.93. The number of carbonyl (C=O) groups excluding carboxylic acids is 1. The fourth-order valence-electron chi connectivity index (χ4n) is 3.21. The van der Waals surface area contributed by atoms with Crippen LogP contribution < -0.4 is 5.32 Å². The lowest BCUT2D eigenvalue weighted by Gasteiger charge is -2.14. The van der Waals surface area contributed by atoms with E-state index in [4.69, 9.17) is 28.3 Å². The number of benzene rings is 1. The highest BCUT2D eigenvalue weighted by Gasteiger charge is 2.27. The van der Waals surface area contributed by atoms with Gasteiger partial charge in [0.05, 0.1) is 32.7 Å². The van der Waals surface area contributed by atoms with Crippen LogP contribution in [0.2, 0.25) is 10.0 Å². The molecule has 1 amide bonds. The van der Waals surface area contributed by atoms with Crippen LogP contribution in [0.25, 0.3) is 5.69 Å². The van der Waals surface area contributed by atoms with E-state index in [1.807, 2.05) is 45.9 Å². The smallest absolute Gasteiger partial charge is 0.255 e. The van der Waals surface area contributed by atoms with E-state index in [1.54, 1.807) is 29.2 Å². The molecule has 0 aliphatic rings. The van der Waals surface area contributed by atoms with Gasteiger partial charge in [0, 0.05) is 18.9 Å². The molecule has 5 nitrogen and oxygen atoms in total. The molecule has 0 saturated heterocycles. The van der Waals surface area contributed by atoms with Crippen molar-refractivity contribution in [1.29, 1.82) is 0 Å². The molecule has 1 N–H and O–H groups in total. The second kappa shape index (κ2) is 8.97. The van der Waals surface area contributed by atoms with Crippen LogP contribution in [0.1, 0.15) is 66.8 Å². The van der Waals surface area contributed by atoms with Crippen LogP contribution in [0.4, 0.5) is 0 Å². The maximum atomic E-state index is 13.2. The maximum absolute atomic E-state index is 13.2. The Kier molecular flexibility index (Phi) is 6.60. The number of rotatable bonds is 6. The predicted molar refractivity (Wildman–Crippen MR) is 117 cm³/mol. The van der Waals surface area contributed by atoms with Gasteiger partial charge in [-0.25, -0.2) is 4.68 Å². The molecule has 0 radical (unpaired) electrons. The van der Waals surface area contributed by atoms with Gasteiger partial charge in [0.1, 0.15) is 0 Å². The largest absolute Gasteiger partial charge is 0.348 e.